The minimum Gasteiger partial charge on any atom is -0.324 e. The summed E-state index contributed by atoms with van der Waals surface area (Å²) in [5.41, 5.74) is 1.37. The topological polar surface area (TPSA) is 244 Å². The van der Waals surface area contributed by atoms with E-state index in [1.807, 2.05) is 0 Å². The van der Waals surface area contributed by atoms with E-state index >= 15 is 0 Å². The number of fused-ring (bicyclic) bond motifs is 1. The van der Waals surface area contributed by atoms with E-state index in [1.165, 1.54) is 67.6 Å². The van der Waals surface area contributed by atoms with Crippen molar-refractivity contribution >= 4 is 101 Å². The molecular weight excluding hydrogens is 736 g/mol. The van der Waals surface area contributed by atoms with E-state index in [0.29, 0.717) is 28.8 Å². The maximum Gasteiger partial charge on any atom is 0.295 e. The highest BCUT2D eigenvalue weighted by Gasteiger charge is 2.18. The van der Waals surface area contributed by atoms with Crippen molar-refractivity contribution in [3.05, 3.63) is 90.1 Å². The second-order valence-electron chi connectivity index (χ2n) is 9.85. The summed E-state index contributed by atoms with van der Waals surface area (Å²) in [6.07, 6.45) is 0. The Morgan fingerprint density at radius 2 is 1.60 bits per heavy atom. The average molecular weight is 759 g/mol. The van der Waals surface area contributed by atoms with Crippen LogP contribution in [-0.2, 0) is 34.1 Å². The number of azo groups is 1. The third kappa shape index (κ3) is 8.94. The third-order valence-electron chi connectivity index (χ3n) is 6.44. The lowest BCUT2D eigenvalue weighted by Crippen LogP contribution is -2.07. The van der Waals surface area contributed by atoms with Crippen molar-refractivity contribution in [2.75, 3.05) is 16.0 Å². The van der Waals surface area contributed by atoms with E-state index in [2.05, 4.69) is 57.1 Å². The van der Waals surface area contributed by atoms with Crippen LogP contribution in [0.3, 0.4) is 0 Å². The molecule has 4 aromatic carbocycles. The van der Waals surface area contributed by atoms with E-state index < -0.39 is 30.8 Å². The summed E-state index contributed by atoms with van der Waals surface area (Å²) in [5, 5.41) is 30.4. The van der Waals surface area contributed by atoms with Crippen LogP contribution in [-0.4, -0.2) is 47.5 Å². The molecule has 5 rings (SSSR count). The van der Waals surface area contributed by atoms with E-state index in [0.717, 1.165) is 5.41 Å². The Morgan fingerprint density at radius 1 is 0.920 bits per heavy atom. The predicted molar refractivity (Wildman–Crippen MR) is 185 cm³/mol. The van der Waals surface area contributed by atoms with Gasteiger partial charge in [-0.05, 0) is 77.7 Å². The quantitative estimate of drug-likeness (QED) is 0.0263. The molecule has 0 saturated heterocycles. The standard InChI is InChI=1S/C29H23ClN8O9S3/c1-3-49(41,42)20-10-7-17(8-11-20)32-28-34-27(30)35-29(36-28)33-18-9-12-23(24(14-18)31-16(2)39)38-37-19-13-22-21(25(15-19)48-47-46-40)5-4-6-26(22)50(43,44)45/h3-15,40H,1H2,2H3,(H,31,39)(H,43,44,45)(H2,32,33,34,35,36). The summed E-state index contributed by atoms with van der Waals surface area (Å²) in [7, 11) is -8.25. The van der Waals surface area contributed by atoms with Gasteiger partial charge in [-0.15, -0.1) is 9.45 Å². The molecule has 258 valence electrons. The van der Waals surface area contributed by atoms with E-state index in [-0.39, 0.29) is 49.4 Å². The van der Waals surface area contributed by atoms with Crippen molar-refractivity contribution in [2.45, 2.75) is 21.6 Å². The number of halogens is 1. The summed E-state index contributed by atoms with van der Waals surface area (Å²) in [6.45, 7) is 4.60. The zero-order valence-corrected chi connectivity index (χ0v) is 28.5. The lowest BCUT2D eigenvalue weighted by atomic mass is 10.1. The fourth-order valence-corrected chi connectivity index (χ4v) is 6.47. The zero-order chi connectivity index (χ0) is 36.1. The molecule has 0 fully saturated rings. The smallest absolute Gasteiger partial charge is 0.295 e. The first kappa shape index (κ1) is 36.2. The van der Waals surface area contributed by atoms with Gasteiger partial charge < -0.3 is 16.0 Å². The summed E-state index contributed by atoms with van der Waals surface area (Å²) in [5.74, 6) is -0.365. The molecule has 1 amide bonds. The number of anilines is 5. The number of rotatable bonds is 13. The van der Waals surface area contributed by atoms with Crippen LogP contribution in [0.2, 0.25) is 5.28 Å². The maximum atomic E-state index is 12.1. The van der Waals surface area contributed by atoms with Crippen LogP contribution in [0.15, 0.2) is 110 Å². The van der Waals surface area contributed by atoms with Crippen LogP contribution in [0.4, 0.5) is 40.3 Å². The van der Waals surface area contributed by atoms with Crippen LogP contribution in [0.25, 0.3) is 10.8 Å². The van der Waals surface area contributed by atoms with E-state index in [9.17, 15) is 26.2 Å². The molecule has 5 N–H and O–H groups in total. The van der Waals surface area contributed by atoms with Crippen molar-refractivity contribution in [3.8, 4) is 0 Å². The molecule has 0 unspecified atom stereocenters. The molecular formula is C29H23ClN8O9S3. The van der Waals surface area contributed by atoms with Gasteiger partial charge in [0.1, 0.15) is 10.6 Å². The van der Waals surface area contributed by atoms with Gasteiger partial charge in [0.15, 0.2) is 9.84 Å². The Balaban J connectivity index is 1.43. The van der Waals surface area contributed by atoms with Crippen LogP contribution in [0.5, 0.6) is 0 Å². The van der Waals surface area contributed by atoms with Gasteiger partial charge in [-0.1, -0.05) is 23.7 Å². The van der Waals surface area contributed by atoms with Crippen LogP contribution < -0.4 is 16.0 Å². The number of amides is 1. The van der Waals surface area contributed by atoms with E-state index in [1.54, 1.807) is 12.1 Å². The van der Waals surface area contributed by atoms with E-state index in [4.69, 9.17) is 16.9 Å². The molecule has 0 aliphatic heterocycles. The number of hydrogen-bond donors (Lipinski definition) is 5. The number of hydrogen-bond acceptors (Lipinski definition) is 16. The summed E-state index contributed by atoms with van der Waals surface area (Å²) < 4.78 is 62.4. The minimum absolute atomic E-state index is 0.0198. The summed E-state index contributed by atoms with van der Waals surface area (Å²) in [4.78, 5) is 24.4. The molecule has 0 bridgehead atoms. The van der Waals surface area contributed by atoms with Crippen LogP contribution in [0.1, 0.15) is 6.92 Å². The number of nitrogens with zero attached hydrogens (tertiary/aromatic N) is 5. The minimum atomic E-state index is -4.64. The summed E-state index contributed by atoms with van der Waals surface area (Å²) >= 11 is 6.68. The molecule has 0 saturated carbocycles. The number of nitrogens with one attached hydrogen (secondary N) is 3. The molecule has 17 nitrogen and oxygen atoms in total. The molecule has 1 aromatic heterocycles. The highest BCUT2D eigenvalue weighted by Crippen LogP contribution is 2.38. The Hall–Kier alpha value is -5.06. The Bertz CT molecular complexity index is 2360. The van der Waals surface area contributed by atoms with Crippen molar-refractivity contribution in [1.82, 2.24) is 15.0 Å². The number of carbonyl (C=O) groups excluding carboxylic acids is 1. The van der Waals surface area contributed by atoms with Crippen molar-refractivity contribution in [2.24, 2.45) is 10.2 Å². The Kier molecular flexibility index (Phi) is 11.0. The molecule has 21 heteroatoms. The van der Waals surface area contributed by atoms with Gasteiger partial charge >= 0.3 is 0 Å². The molecule has 5 aromatic rings. The maximum absolute atomic E-state index is 12.1. The van der Waals surface area contributed by atoms with Gasteiger partial charge in [-0.2, -0.15) is 28.5 Å². The summed E-state index contributed by atoms with van der Waals surface area (Å²) in [6, 6.07) is 17.4. The number of aromatic nitrogens is 3. The zero-order valence-electron chi connectivity index (χ0n) is 25.3. The molecule has 0 spiro atoms. The fraction of sp³-hybridized carbons (Fsp3) is 0.0345. The van der Waals surface area contributed by atoms with Gasteiger partial charge in [0.2, 0.25) is 23.1 Å². The second kappa shape index (κ2) is 15.2. The molecule has 0 aliphatic rings. The second-order valence-corrected chi connectivity index (χ2v) is 14.2. The Labute approximate surface area is 293 Å². The van der Waals surface area contributed by atoms with Gasteiger partial charge in [0.05, 0.1) is 28.3 Å². The molecule has 1 heterocycles. The average Bonchev–Trinajstić information content (AvgIpc) is 3.06. The number of sulfone groups is 1. The first-order valence-electron chi connectivity index (χ1n) is 13.7. The molecule has 50 heavy (non-hydrogen) atoms. The first-order chi connectivity index (χ1) is 23.7. The van der Waals surface area contributed by atoms with Crippen LogP contribution >= 0.6 is 23.6 Å². The predicted octanol–water partition coefficient (Wildman–Crippen LogP) is 7.13. The largest absolute Gasteiger partial charge is 0.324 e. The highest BCUT2D eigenvalue weighted by atomic mass is 35.5. The normalized spacial score (nSPS) is 11.8. The van der Waals surface area contributed by atoms with Crippen molar-refractivity contribution in [3.63, 3.8) is 0 Å². The highest BCUT2D eigenvalue weighted by molar-refractivity contribution is 7.95. The lowest BCUT2D eigenvalue weighted by molar-refractivity contribution is -0.432. The number of carbonyl (C=O) groups is 1. The lowest BCUT2D eigenvalue weighted by Gasteiger charge is -2.12. The molecule has 0 aliphatic carbocycles. The van der Waals surface area contributed by atoms with Gasteiger partial charge in [-0.25, -0.2) is 13.7 Å². The molecule has 0 radical (unpaired) electrons. The van der Waals surface area contributed by atoms with Gasteiger partial charge in [0, 0.05) is 34.0 Å². The third-order valence-corrected chi connectivity index (χ3v) is 9.53. The Morgan fingerprint density at radius 3 is 2.24 bits per heavy atom. The van der Waals surface area contributed by atoms with Gasteiger partial charge in [-0.3, -0.25) is 9.35 Å². The monoisotopic (exact) mass is 758 g/mol. The molecule has 0 atom stereocenters. The van der Waals surface area contributed by atoms with Gasteiger partial charge in [0.25, 0.3) is 10.1 Å². The SMILES string of the molecule is C=CS(=O)(=O)c1ccc(Nc2nc(Cl)nc(Nc3ccc(N=Nc4cc(SOOO)c5cccc(S(=O)(=O)O)c5c4)c(NC(C)=O)c3)n2)cc1. The first-order valence-corrected chi connectivity index (χ1v) is 17.8. The number of benzene rings is 4. The van der Waals surface area contributed by atoms with Crippen LogP contribution in [0, 0.1) is 0 Å². The van der Waals surface area contributed by atoms with Crippen molar-refractivity contribution < 1.29 is 40.8 Å². The fourth-order valence-electron chi connectivity index (χ4n) is 4.36. The van der Waals surface area contributed by atoms with Crippen molar-refractivity contribution in [1.29, 1.82) is 0 Å².